The lowest BCUT2D eigenvalue weighted by Crippen LogP contribution is -2.23. The number of rotatable bonds is 9. The fourth-order valence-electron chi connectivity index (χ4n) is 3.25. The van der Waals surface area contributed by atoms with E-state index in [1.165, 1.54) is 0 Å². The van der Waals surface area contributed by atoms with E-state index in [0.717, 1.165) is 60.9 Å². The number of benzene rings is 1. The maximum Gasteiger partial charge on any atom is 0.306 e. The molecule has 0 radical (unpaired) electrons. The number of halogens is 1. The summed E-state index contributed by atoms with van der Waals surface area (Å²) in [7, 11) is 0. The second kappa shape index (κ2) is 10.6. The number of phenols is 1. The van der Waals surface area contributed by atoms with Gasteiger partial charge in [-0.2, -0.15) is 0 Å². The van der Waals surface area contributed by atoms with Crippen molar-refractivity contribution in [1.29, 1.82) is 0 Å². The molecule has 1 heterocycles. The quantitative estimate of drug-likeness (QED) is 0.367. The summed E-state index contributed by atoms with van der Waals surface area (Å²) in [5.41, 5.74) is 3.35. The Bertz CT molecular complexity index is 827. The van der Waals surface area contributed by atoms with Crippen molar-refractivity contribution in [2.24, 2.45) is 0 Å². The third-order valence-corrected chi connectivity index (χ3v) is 4.92. The van der Waals surface area contributed by atoms with E-state index < -0.39 is 5.60 Å². The van der Waals surface area contributed by atoms with E-state index in [2.05, 4.69) is 4.98 Å². The number of aryl methyl sites for hydroxylation is 2. The molecule has 2 rings (SSSR count). The molecule has 5 heteroatoms. The Morgan fingerprint density at radius 3 is 2.45 bits per heavy atom. The molecule has 0 bridgehead atoms. The number of carbonyl (C=O) groups is 1. The van der Waals surface area contributed by atoms with Gasteiger partial charge in [0.25, 0.3) is 0 Å². The van der Waals surface area contributed by atoms with E-state index in [1.54, 1.807) is 12.1 Å². The summed E-state index contributed by atoms with van der Waals surface area (Å²) in [5, 5.41) is 10.2. The zero-order valence-corrected chi connectivity index (χ0v) is 18.7. The van der Waals surface area contributed by atoms with Gasteiger partial charge in [-0.25, -0.2) is 0 Å². The minimum Gasteiger partial charge on any atom is -0.508 e. The van der Waals surface area contributed by atoms with Crippen molar-refractivity contribution < 1.29 is 14.6 Å². The average molecular weight is 418 g/mol. The maximum atomic E-state index is 11.7. The minimum atomic E-state index is -0.400. The first-order chi connectivity index (χ1) is 13.7. The van der Waals surface area contributed by atoms with E-state index in [0.29, 0.717) is 11.4 Å². The van der Waals surface area contributed by atoms with Crippen LogP contribution in [-0.2, 0) is 16.0 Å². The van der Waals surface area contributed by atoms with Gasteiger partial charge in [-0.05, 0) is 82.3 Å². The van der Waals surface area contributed by atoms with Crippen LogP contribution < -0.4 is 0 Å². The van der Waals surface area contributed by atoms with E-state index in [-0.39, 0.29) is 11.7 Å². The maximum absolute atomic E-state index is 11.7. The second-order valence-corrected chi connectivity index (χ2v) is 8.93. The smallest absolute Gasteiger partial charge is 0.306 e. The predicted octanol–water partition coefficient (Wildman–Crippen LogP) is 6.64. The van der Waals surface area contributed by atoms with Crippen LogP contribution in [0.15, 0.2) is 30.5 Å². The molecule has 1 aromatic heterocycles. The first kappa shape index (κ1) is 23.2. The van der Waals surface area contributed by atoms with E-state index in [4.69, 9.17) is 16.3 Å². The van der Waals surface area contributed by atoms with Crippen LogP contribution in [0.4, 0.5) is 0 Å². The fourth-order valence-corrected chi connectivity index (χ4v) is 3.54. The molecule has 0 unspecified atom stereocenters. The Labute approximate surface area is 179 Å². The molecular formula is C24H32ClNO3. The molecule has 0 saturated heterocycles. The van der Waals surface area contributed by atoms with E-state index in [9.17, 15) is 9.90 Å². The number of hydrogen-bond donors (Lipinski definition) is 1. The monoisotopic (exact) mass is 417 g/mol. The first-order valence-electron chi connectivity index (χ1n) is 10.3. The van der Waals surface area contributed by atoms with Crippen LogP contribution in [0.25, 0.3) is 11.3 Å². The highest BCUT2D eigenvalue weighted by molar-refractivity contribution is 6.33. The van der Waals surface area contributed by atoms with Gasteiger partial charge < -0.3 is 9.84 Å². The molecule has 4 nitrogen and oxygen atoms in total. The SMILES string of the molecule is Cc1cc(O)ccc1-c1ncc(CCCCCCCC(=O)OC(C)(C)C)cc1Cl. The van der Waals surface area contributed by atoms with Gasteiger partial charge in [-0.15, -0.1) is 0 Å². The molecule has 0 aliphatic rings. The number of esters is 1. The molecule has 1 aromatic carbocycles. The lowest BCUT2D eigenvalue weighted by atomic mass is 10.0. The number of unbranched alkanes of at least 4 members (excludes halogenated alkanes) is 4. The van der Waals surface area contributed by atoms with Crippen LogP contribution >= 0.6 is 11.6 Å². The number of nitrogens with zero attached hydrogens (tertiary/aromatic N) is 1. The molecule has 0 spiro atoms. The Morgan fingerprint density at radius 2 is 1.79 bits per heavy atom. The van der Waals surface area contributed by atoms with Crippen molar-refractivity contribution in [2.45, 2.75) is 78.2 Å². The van der Waals surface area contributed by atoms with Crippen LogP contribution in [-0.4, -0.2) is 21.7 Å². The topological polar surface area (TPSA) is 59.4 Å². The third-order valence-electron chi connectivity index (χ3n) is 4.63. The Kier molecular flexibility index (Phi) is 8.51. The molecule has 0 atom stereocenters. The highest BCUT2D eigenvalue weighted by Gasteiger charge is 2.15. The zero-order chi connectivity index (χ0) is 21.4. The van der Waals surface area contributed by atoms with Crippen molar-refractivity contribution in [3.05, 3.63) is 46.6 Å². The van der Waals surface area contributed by atoms with Crippen LogP contribution in [0.3, 0.4) is 0 Å². The van der Waals surface area contributed by atoms with Crippen LogP contribution in [0.2, 0.25) is 5.02 Å². The van der Waals surface area contributed by atoms with Crippen molar-refractivity contribution in [2.75, 3.05) is 0 Å². The van der Waals surface area contributed by atoms with E-state index >= 15 is 0 Å². The number of pyridine rings is 1. The lowest BCUT2D eigenvalue weighted by Gasteiger charge is -2.19. The number of phenolic OH excluding ortho intramolecular Hbond substituents is 1. The van der Waals surface area contributed by atoms with Crippen molar-refractivity contribution in [3.8, 4) is 17.0 Å². The summed E-state index contributed by atoms with van der Waals surface area (Å²) in [6.07, 6.45) is 8.53. The summed E-state index contributed by atoms with van der Waals surface area (Å²) < 4.78 is 5.32. The molecule has 0 amide bonds. The normalized spacial score (nSPS) is 11.5. The summed E-state index contributed by atoms with van der Waals surface area (Å²) in [6, 6.07) is 7.19. The fraction of sp³-hybridized carbons (Fsp3) is 0.500. The van der Waals surface area contributed by atoms with Crippen molar-refractivity contribution in [3.63, 3.8) is 0 Å². The highest BCUT2D eigenvalue weighted by Crippen LogP contribution is 2.31. The van der Waals surface area contributed by atoms with Crippen LogP contribution in [0.5, 0.6) is 5.75 Å². The van der Waals surface area contributed by atoms with Crippen molar-refractivity contribution in [1.82, 2.24) is 4.98 Å². The molecule has 1 N–H and O–H groups in total. The Balaban J connectivity index is 1.72. The molecule has 0 saturated carbocycles. The summed E-state index contributed by atoms with van der Waals surface area (Å²) >= 11 is 6.46. The Morgan fingerprint density at radius 1 is 1.10 bits per heavy atom. The van der Waals surface area contributed by atoms with Gasteiger partial charge in [0.15, 0.2) is 0 Å². The number of aromatic hydroxyl groups is 1. The standard InChI is InChI=1S/C24H32ClNO3/c1-17-14-19(27)12-13-20(17)23-21(25)15-18(16-26-23)10-8-6-5-7-9-11-22(28)29-24(2,3)4/h12-16,27H,5-11H2,1-4H3. The molecule has 0 fully saturated rings. The molecule has 0 aliphatic heterocycles. The van der Waals surface area contributed by atoms with Gasteiger partial charge in [0.1, 0.15) is 11.4 Å². The number of aromatic nitrogens is 1. The molecule has 158 valence electrons. The van der Waals surface area contributed by atoms with Crippen LogP contribution in [0, 0.1) is 6.92 Å². The molecular weight excluding hydrogens is 386 g/mol. The van der Waals surface area contributed by atoms with Crippen molar-refractivity contribution >= 4 is 17.6 Å². The summed E-state index contributed by atoms with van der Waals surface area (Å²) in [4.78, 5) is 16.2. The molecule has 0 aliphatic carbocycles. The minimum absolute atomic E-state index is 0.109. The van der Waals surface area contributed by atoms with Gasteiger partial charge in [0.2, 0.25) is 0 Å². The number of hydrogen-bond acceptors (Lipinski definition) is 4. The highest BCUT2D eigenvalue weighted by atomic mass is 35.5. The van der Waals surface area contributed by atoms with Gasteiger partial charge in [-0.1, -0.05) is 30.9 Å². The van der Waals surface area contributed by atoms with Gasteiger partial charge >= 0.3 is 5.97 Å². The van der Waals surface area contributed by atoms with Crippen LogP contribution in [0.1, 0.15) is 70.4 Å². The largest absolute Gasteiger partial charge is 0.508 e. The summed E-state index contributed by atoms with van der Waals surface area (Å²) in [5.74, 6) is 0.132. The van der Waals surface area contributed by atoms with E-state index in [1.807, 2.05) is 46.0 Å². The van der Waals surface area contributed by atoms with Gasteiger partial charge in [0.05, 0.1) is 10.7 Å². The summed E-state index contributed by atoms with van der Waals surface area (Å²) in [6.45, 7) is 7.61. The number of carbonyl (C=O) groups excluding carboxylic acids is 1. The zero-order valence-electron chi connectivity index (χ0n) is 17.9. The third kappa shape index (κ3) is 8.06. The average Bonchev–Trinajstić information content (AvgIpc) is 2.60. The molecule has 2 aromatic rings. The Hall–Kier alpha value is -2.07. The van der Waals surface area contributed by atoms with Gasteiger partial charge in [0, 0.05) is 18.2 Å². The molecule has 29 heavy (non-hydrogen) atoms. The first-order valence-corrected chi connectivity index (χ1v) is 10.7. The predicted molar refractivity (Wildman–Crippen MR) is 118 cm³/mol. The second-order valence-electron chi connectivity index (χ2n) is 8.53. The lowest BCUT2D eigenvalue weighted by molar-refractivity contribution is -0.154. The van der Waals surface area contributed by atoms with Gasteiger partial charge in [-0.3, -0.25) is 9.78 Å². The number of ether oxygens (including phenoxy) is 1.